The average molecular weight is 366 g/mol. The normalized spacial score (nSPS) is 11.1. The highest BCUT2D eigenvalue weighted by Crippen LogP contribution is 2.37. The van der Waals surface area contributed by atoms with E-state index in [1.807, 2.05) is 0 Å². The number of anilines is 2. The Bertz CT molecular complexity index is 844. The van der Waals surface area contributed by atoms with E-state index in [2.05, 4.69) is 21.6 Å². The molecule has 2 aromatic rings. The second-order valence-corrected chi connectivity index (χ2v) is 6.76. The van der Waals surface area contributed by atoms with Crippen LogP contribution in [0.5, 0.6) is 5.75 Å². The number of carbonyl (C=O) groups is 1. The number of aldehydes is 1. The van der Waals surface area contributed by atoms with Gasteiger partial charge >= 0.3 is 0 Å². The Labute approximate surface area is 143 Å². The van der Waals surface area contributed by atoms with Crippen LogP contribution in [-0.2, 0) is 6.42 Å². The summed E-state index contributed by atoms with van der Waals surface area (Å²) in [7, 11) is -3.58. The standard InChI is InChI=1S/C15H19N4O5P/c1-25(22,23)24-11-6-4-10(5-7-11)17-8-2-3-12-13(9-20)18-15(16)19-14(12)21/h4-7,9,17,22-23H,1-3,8H2,(H3,16,18,19,21). The Morgan fingerprint density at radius 1 is 1.36 bits per heavy atom. The maximum atomic E-state index is 11.8. The monoisotopic (exact) mass is 366 g/mol. The molecular weight excluding hydrogens is 347 g/mol. The number of nitrogen functional groups attached to an aromatic ring is 1. The molecule has 10 heteroatoms. The van der Waals surface area contributed by atoms with E-state index < -0.39 is 13.1 Å². The highest BCUT2D eigenvalue weighted by molar-refractivity contribution is 7.58. The van der Waals surface area contributed by atoms with Crippen molar-refractivity contribution in [2.45, 2.75) is 12.8 Å². The number of nitrogens with one attached hydrogen (secondary N) is 2. The van der Waals surface area contributed by atoms with Gasteiger partial charge in [0.25, 0.3) is 13.1 Å². The molecular formula is C15H19N4O5P. The molecule has 0 radical (unpaired) electrons. The number of hydrogen-bond donors (Lipinski definition) is 5. The molecule has 0 saturated heterocycles. The van der Waals surface area contributed by atoms with Gasteiger partial charge in [0.2, 0.25) is 5.95 Å². The molecule has 0 bridgehead atoms. The zero-order valence-corrected chi connectivity index (χ0v) is 14.2. The number of H-pyrrole nitrogens is 1. The molecule has 9 nitrogen and oxygen atoms in total. The highest BCUT2D eigenvalue weighted by atomic mass is 31.2. The highest BCUT2D eigenvalue weighted by Gasteiger charge is 2.10. The van der Waals surface area contributed by atoms with Crippen LogP contribution in [0.2, 0.25) is 0 Å². The number of nitrogens with two attached hydrogens (primary N) is 1. The van der Waals surface area contributed by atoms with Crippen LogP contribution in [0.1, 0.15) is 22.5 Å². The van der Waals surface area contributed by atoms with Gasteiger partial charge in [-0.1, -0.05) is 0 Å². The first-order valence-electron chi connectivity index (χ1n) is 7.35. The average Bonchev–Trinajstić information content (AvgIpc) is 2.52. The molecule has 0 aliphatic rings. The lowest BCUT2D eigenvalue weighted by atomic mass is 10.1. The zero-order chi connectivity index (χ0) is 18.4. The lowest BCUT2D eigenvalue weighted by Crippen LogP contribution is -2.20. The molecule has 0 atom stereocenters. The van der Waals surface area contributed by atoms with E-state index >= 15 is 0 Å². The number of carbonyl (C=O) groups excluding carboxylic acids is 1. The van der Waals surface area contributed by atoms with Gasteiger partial charge < -0.3 is 25.4 Å². The van der Waals surface area contributed by atoms with Gasteiger partial charge in [0.05, 0.1) is 0 Å². The van der Waals surface area contributed by atoms with Crippen molar-refractivity contribution >= 4 is 31.8 Å². The van der Waals surface area contributed by atoms with Gasteiger partial charge in [0, 0.05) is 17.8 Å². The summed E-state index contributed by atoms with van der Waals surface area (Å²) >= 11 is 0. The molecule has 2 rings (SSSR count). The van der Waals surface area contributed by atoms with Crippen molar-refractivity contribution in [1.82, 2.24) is 9.97 Å². The summed E-state index contributed by atoms with van der Waals surface area (Å²) in [5.74, 6) is 0.213. The van der Waals surface area contributed by atoms with Crippen molar-refractivity contribution in [2.24, 2.45) is 0 Å². The third-order valence-electron chi connectivity index (χ3n) is 3.22. The first-order chi connectivity index (χ1) is 11.8. The van der Waals surface area contributed by atoms with Gasteiger partial charge in [-0.2, -0.15) is 0 Å². The Morgan fingerprint density at radius 2 is 2.04 bits per heavy atom. The molecule has 0 fully saturated rings. The maximum absolute atomic E-state index is 11.8. The summed E-state index contributed by atoms with van der Waals surface area (Å²) in [5, 5.41) is 3.14. The van der Waals surface area contributed by atoms with Gasteiger partial charge in [-0.05, 0) is 43.4 Å². The Kier molecular flexibility index (Phi) is 5.97. The molecule has 134 valence electrons. The quantitative estimate of drug-likeness (QED) is 0.261. The zero-order valence-electron chi connectivity index (χ0n) is 13.3. The van der Waals surface area contributed by atoms with E-state index in [1.54, 1.807) is 24.3 Å². The van der Waals surface area contributed by atoms with E-state index in [0.717, 1.165) is 5.69 Å². The molecule has 1 heterocycles. The van der Waals surface area contributed by atoms with E-state index in [1.165, 1.54) is 0 Å². The minimum atomic E-state index is -3.58. The van der Waals surface area contributed by atoms with Gasteiger partial charge in [-0.15, -0.1) is 0 Å². The van der Waals surface area contributed by atoms with Crippen LogP contribution >= 0.6 is 7.57 Å². The number of benzene rings is 1. The smallest absolute Gasteiger partial charge is 0.297 e. The fraction of sp³-hybridized carbons (Fsp3) is 0.200. The number of aromatic amines is 1. The molecule has 0 saturated carbocycles. The Balaban J connectivity index is 1.89. The minimum absolute atomic E-state index is 0.0516. The molecule has 0 unspecified atom stereocenters. The van der Waals surface area contributed by atoms with Crippen LogP contribution in [-0.4, -0.2) is 38.9 Å². The molecule has 6 N–H and O–H groups in total. The second-order valence-electron chi connectivity index (χ2n) is 5.24. The number of nitrogens with zero attached hydrogens (tertiary/aromatic N) is 1. The van der Waals surface area contributed by atoms with E-state index in [0.29, 0.717) is 37.0 Å². The fourth-order valence-corrected chi connectivity index (χ4v) is 2.63. The summed E-state index contributed by atoms with van der Waals surface area (Å²) < 4.78 is 4.88. The SMILES string of the molecule is C=P(O)(O)Oc1ccc(NCCCc2c(C=O)nc(N)[nH]c2=O)cc1. The Morgan fingerprint density at radius 3 is 2.64 bits per heavy atom. The van der Waals surface area contributed by atoms with Crippen molar-refractivity contribution in [3.8, 4) is 5.75 Å². The number of rotatable bonds is 8. The molecule has 0 amide bonds. The van der Waals surface area contributed by atoms with E-state index in [9.17, 15) is 9.59 Å². The van der Waals surface area contributed by atoms with E-state index in [-0.39, 0.29) is 11.6 Å². The van der Waals surface area contributed by atoms with Crippen molar-refractivity contribution in [3.63, 3.8) is 0 Å². The number of aromatic nitrogens is 2. The van der Waals surface area contributed by atoms with Crippen LogP contribution in [0.4, 0.5) is 11.6 Å². The van der Waals surface area contributed by atoms with Gasteiger partial charge in [0.15, 0.2) is 6.29 Å². The molecule has 0 aliphatic carbocycles. The van der Waals surface area contributed by atoms with Gasteiger partial charge in [-0.3, -0.25) is 14.6 Å². The molecule has 0 aliphatic heterocycles. The van der Waals surface area contributed by atoms with Crippen molar-refractivity contribution < 1.29 is 19.1 Å². The molecule has 0 spiro atoms. The van der Waals surface area contributed by atoms with Crippen LogP contribution in [0.25, 0.3) is 0 Å². The predicted molar refractivity (Wildman–Crippen MR) is 97.0 cm³/mol. The second kappa shape index (κ2) is 7.98. The summed E-state index contributed by atoms with van der Waals surface area (Å²) in [4.78, 5) is 47.3. The van der Waals surface area contributed by atoms with Crippen molar-refractivity contribution in [2.75, 3.05) is 17.6 Å². The summed E-state index contributed by atoms with van der Waals surface area (Å²) in [6.45, 7) is 0.550. The fourth-order valence-electron chi connectivity index (χ4n) is 2.17. The van der Waals surface area contributed by atoms with Gasteiger partial charge in [0.1, 0.15) is 11.4 Å². The van der Waals surface area contributed by atoms with Crippen LogP contribution < -0.4 is 21.1 Å². The third kappa shape index (κ3) is 5.75. The van der Waals surface area contributed by atoms with Gasteiger partial charge in [-0.25, -0.2) is 4.98 Å². The molecule has 25 heavy (non-hydrogen) atoms. The topological polar surface area (TPSA) is 151 Å². The summed E-state index contributed by atoms with van der Waals surface area (Å²) in [6.07, 6.45) is 4.60. The number of hydrogen-bond acceptors (Lipinski definition) is 8. The largest absolute Gasteiger partial charge is 0.432 e. The first-order valence-corrected chi connectivity index (χ1v) is 9.14. The van der Waals surface area contributed by atoms with Crippen molar-refractivity contribution in [3.05, 3.63) is 45.9 Å². The first kappa shape index (κ1) is 18.7. The molecule has 1 aromatic carbocycles. The lowest BCUT2D eigenvalue weighted by molar-refractivity contribution is 0.111. The molecule has 1 aromatic heterocycles. The summed E-state index contributed by atoms with van der Waals surface area (Å²) in [5.41, 5.74) is 6.13. The maximum Gasteiger partial charge on any atom is 0.297 e. The Hall–Kier alpha value is -2.61. The van der Waals surface area contributed by atoms with Crippen LogP contribution in [0, 0.1) is 0 Å². The third-order valence-corrected chi connectivity index (χ3v) is 3.72. The lowest BCUT2D eigenvalue weighted by Gasteiger charge is -2.12. The van der Waals surface area contributed by atoms with E-state index in [4.69, 9.17) is 20.0 Å². The van der Waals surface area contributed by atoms with Crippen LogP contribution in [0.15, 0.2) is 29.1 Å². The minimum Gasteiger partial charge on any atom is -0.432 e. The van der Waals surface area contributed by atoms with Crippen LogP contribution in [0.3, 0.4) is 0 Å². The predicted octanol–water partition coefficient (Wildman–Crippen LogP) is 0.767. The summed E-state index contributed by atoms with van der Waals surface area (Å²) in [6, 6.07) is 6.57. The van der Waals surface area contributed by atoms with Crippen molar-refractivity contribution in [1.29, 1.82) is 0 Å².